The van der Waals surface area contributed by atoms with Crippen molar-refractivity contribution in [3.8, 4) is 0 Å². The van der Waals surface area contributed by atoms with Gasteiger partial charge in [-0.25, -0.2) is 4.79 Å². The number of piperidine rings is 1. The molecule has 1 rings (SSSR count). The first-order valence-corrected chi connectivity index (χ1v) is 6.85. The molecular weight excluding hydrogens is 244 g/mol. The van der Waals surface area contributed by atoms with Crippen molar-refractivity contribution in [1.82, 2.24) is 10.2 Å². The Morgan fingerprint density at radius 2 is 2.26 bits per heavy atom. The number of hydrogen-bond donors (Lipinski definition) is 1. The van der Waals surface area contributed by atoms with Crippen molar-refractivity contribution in [2.75, 3.05) is 19.7 Å². The highest BCUT2D eigenvalue weighted by Gasteiger charge is 2.25. The number of likely N-dealkylation sites (tertiary alicyclic amines) is 1. The Hall–Kier alpha value is -1.52. The van der Waals surface area contributed by atoms with Gasteiger partial charge in [-0.3, -0.25) is 4.79 Å². The Balaban J connectivity index is 2.39. The van der Waals surface area contributed by atoms with Gasteiger partial charge in [-0.05, 0) is 18.8 Å². The monoisotopic (exact) mass is 268 g/mol. The van der Waals surface area contributed by atoms with Crippen LogP contribution in [0.15, 0.2) is 12.7 Å². The lowest BCUT2D eigenvalue weighted by atomic mass is 10.0. The van der Waals surface area contributed by atoms with Crippen molar-refractivity contribution in [2.45, 2.75) is 39.2 Å². The minimum Gasteiger partial charge on any atom is -0.445 e. The van der Waals surface area contributed by atoms with Gasteiger partial charge >= 0.3 is 6.09 Å². The summed E-state index contributed by atoms with van der Waals surface area (Å²) in [5, 5.41) is 2.98. The molecule has 0 bridgehead atoms. The molecule has 108 valence electrons. The molecule has 1 N–H and O–H groups in total. The molecule has 1 saturated heterocycles. The lowest BCUT2D eigenvalue weighted by molar-refractivity contribution is -0.122. The molecule has 1 aliphatic rings. The number of carbonyl (C=O) groups excluding carboxylic acids is 2. The maximum absolute atomic E-state index is 11.7. The van der Waals surface area contributed by atoms with E-state index in [4.69, 9.17) is 4.74 Å². The van der Waals surface area contributed by atoms with E-state index in [0.717, 1.165) is 12.8 Å². The molecule has 0 aromatic heterocycles. The van der Waals surface area contributed by atoms with Crippen molar-refractivity contribution in [3.63, 3.8) is 0 Å². The molecule has 0 spiro atoms. The van der Waals surface area contributed by atoms with Crippen LogP contribution in [0.1, 0.15) is 33.1 Å². The van der Waals surface area contributed by atoms with Gasteiger partial charge in [-0.1, -0.05) is 26.5 Å². The summed E-state index contributed by atoms with van der Waals surface area (Å²) < 4.78 is 5.00. The van der Waals surface area contributed by atoms with Crippen LogP contribution < -0.4 is 5.32 Å². The fraction of sp³-hybridized carbons (Fsp3) is 0.714. The fourth-order valence-electron chi connectivity index (χ4n) is 2.14. The summed E-state index contributed by atoms with van der Waals surface area (Å²) in [6, 6.07) is 0.0382. The zero-order valence-electron chi connectivity index (χ0n) is 11.9. The topological polar surface area (TPSA) is 58.6 Å². The number of amides is 2. The molecule has 2 amide bonds. The van der Waals surface area contributed by atoms with Gasteiger partial charge in [-0.2, -0.15) is 0 Å². The Morgan fingerprint density at radius 3 is 2.89 bits per heavy atom. The molecule has 19 heavy (non-hydrogen) atoms. The summed E-state index contributed by atoms with van der Waals surface area (Å²) in [6.07, 6.45) is 3.54. The van der Waals surface area contributed by atoms with Gasteiger partial charge in [0.15, 0.2) is 0 Å². The number of rotatable bonds is 5. The molecule has 0 aromatic rings. The lowest BCUT2D eigenvalue weighted by Crippen LogP contribution is -2.49. The normalized spacial score (nSPS) is 19.1. The van der Waals surface area contributed by atoms with Crippen LogP contribution in [-0.2, 0) is 9.53 Å². The number of carbonyl (C=O) groups is 2. The van der Waals surface area contributed by atoms with Gasteiger partial charge in [-0.15, -0.1) is 0 Å². The molecule has 1 fully saturated rings. The van der Waals surface area contributed by atoms with Crippen LogP contribution >= 0.6 is 0 Å². The predicted molar refractivity (Wildman–Crippen MR) is 73.7 cm³/mol. The minimum atomic E-state index is -0.331. The van der Waals surface area contributed by atoms with E-state index >= 15 is 0 Å². The average molecular weight is 268 g/mol. The number of nitrogens with zero attached hydrogens (tertiary/aromatic N) is 1. The molecule has 1 aliphatic heterocycles. The molecule has 0 saturated carbocycles. The first-order valence-electron chi connectivity index (χ1n) is 6.85. The zero-order chi connectivity index (χ0) is 14.3. The maximum atomic E-state index is 11.7. The van der Waals surface area contributed by atoms with E-state index < -0.39 is 0 Å². The number of hydrogen-bond acceptors (Lipinski definition) is 3. The van der Waals surface area contributed by atoms with E-state index in [1.807, 2.05) is 13.8 Å². The summed E-state index contributed by atoms with van der Waals surface area (Å²) in [4.78, 5) is 25.1. The average Bonchev–Trinajstić information content (AvgIpc) is 2.35. The van der Waals surface area contributed by atoms with Crippen LogP contribution in [0.25, 0.3) is 0 Å². The number of ether oxygens (including phenoxy) is 1. The van der Waals surface area contributed by atoms with Gasteiger partial charge in [0.05, 0.1) is 0 Å². The van der Waals surface area contributed by atoms with E-state index in [0.29, 0.717) is 25.4 Å². The third-order valence-corrected chi connectivity index (χ3v) is 2.96. The van der Waals surface area contributed by atoms with Crippen molar-refractivity contribution in [1.29, 1.82) is 0 Å². The van der Waals surface area contributed by atoms with Crippen molar-refractivity contribution in [3.05, 3.63) is 12.7 Å². The second-order valence-corrected chi connectivity index (χ2v) is 5.32. The van der Waals surface area contributed by atoms with Crippen LogP contribution in [0.3, 0.4) is 0 Å². The van der Waals surface area contributed by atoms with Crippen LogP contribution in [0.2, 0.25) is 0 Å². The van der Waals surface area contributed by atoms with E-state index in [-0.39, 0.29) is 24.6 Å². The summed E-state index contributed by atoms with van der Waals surface area (Å²) in [5.74, 6) is 0.401. The molecule has 5 nitrogen and oxygen atoms in total. The SMILES string of the molecule is C=CCOC(=O)N1CCCC(NC(=O)CC(C)C)C1. The third kappa shape index (κ3) is 5.77. The second-order valence-electron chi connectivity index (χ2n) is 5.32. The molecular formula is C14H24N2O3. The lowest BCUT2D eigenvalue weighted by Gasteiger charge is -2.32. The molecule has 0 aliphatic carbocycles. The zero-order valence-corrected chi connectivity index (χ0v) is 11.9. The first-order chi connectivity index (χ1) is 9.02. The van der Waals surface area contributed by atoms with Gasteiger partial charge in [0.2, 0.25) is 5.91 Å². The van der Waals surface area contributed by atoms with Crippen molar-refractivity contribution < 1.29 is 14.3 Å². The van der Waals surface area contributed by atoms with E-state index in [1.54, 1.807) is 11.0 Å². The minimum absolute atomic E-state index is 0.0382. The highest BCUT2D eigenvalue weighted by atomic mass is 16.6. The van der Waals surface area contributed by atoms with Gasteiger partial charge in [0.25, 0.3) is 0 Å². The third-order valence-electron chi connectivity index (χ3n) is 2.96. The summed E-state index contributed by atoms with van der Waals surface area (Å²) >= 11 is 0. The Bertz CT molecular complexity index is 329. The fourth-order valence-corrected chi connectivity index (χ4v) is 2.14. The van der Waals surface area contributed by atoms with E-state index in [2.05, 4.69) is 11.9 Å². The quantitative estimate of drug-likeness (QED) is 0.775. The predicted octanol–water partition coefficient (Wildman–Crippen LogP) is 1.94. The van der Waals surface area contributed by atoms with E-state index in [1.165, 1.54) is 0 Å². The van der Waals surface area contributed by atoms with Crippen LogP contribution in [0, 0.1) is 5.92 Å². The maximum Gasteiger partial charge on any atom is 0.410 e. The Kier molecular flexibility index (Phi) is 6.39. The number of nitrogens with one attached hydrogen (secondary N) is 1. The molecule has 1 unspecified atom stereocenters. The largest absolute Gasteiger partial charge is 0.445 e. The molecule has 1 heterocycles. The molecule has 0 aromatic carbocycles. The van der Waals surface area contributed by atoms with Crippen LogP contribution in [0.5, 0.6) is 0 Å². The van der Waals surface area contributed by atoms with Crippen molar-refractivity contribution >= 4 is 12.0 Å². The molecule has 5 heteroatoms. The standard InChI is InChI=1S/C14H24N2O3/c1-4-8-19-14(18)16-7-5-6-12(10-16)15-13(17)9-11(2)3/h4,11-12H,1,5-10H2,2-3H3,(H,15,17). The first kappa shape index (κ1) is 15.5. The van der Waals surface area contributed by atoms with Crippen molar-refractivity contribution in [2.24, 2.45) is 5.92 Å². The van der Waals surface area contributed by atoms with Crippen LogP contribution in [-0.4, -0.2) is 42.6 Å². The Labute approximate surface area is 115 Å². The highest BCUT2D eigenvalue weighted by molar-refractivity contribution is 5.76. The highest BCUT2D eigenvalue weighted by Crippen LogP contribution is 2.12. The van der Waals surface area contributed by atoms with Gasteiger partial charge in [0, 0.05) is 25.6 Å². The smallest absolute Gasteiger partial charge is 0.410 e. The molecule has 1 atom stereocenters. The summed E-state index contributed by atoms with van der Waals surface area (Å²) in [5.41, 5.74) is 0. The van der Waals surface area contributed by atoms with Gasteiger partial charge < -0.3 is 15.0 Å². The van der Waals surface area contributed by atoms with Gasteiger partial charge in [0.1, 0.15) is 6.61 Å². The Morgan fingerprint density at radius 1 is 1.53 bits per heavy atom. The summed E-state index contributed by atoms with van der Waals surface area (Å²) in [6.45, 7) is 8.97. The molecule has 0 radical (unpaired) electrons. The van der Waals surface area contributed by atoms with Crippen LogP contribution in [0.4, 0.5) is 4.79 Å². The second kappa shape index (κ2) is 7.81. The van der Waals surface area contributed by atoms with E-state index in [9.17, 15) is 9.59 Å². The summed E-state index contributed by atoms with van der Waals surface area (Å²) in [7, 11) is 0.